The topological polar surface area (TPSA) is 87.2 Å². The highest BCUT2D eigenvalue weighted by atomic mass is 32.1. The van der Waals surface area contributed by atoms with Crippen molar-refractivity contribution in [1.29, 1.82) is 0 Å². The van der Waals surface area contributed by atoms with E-state index in [2.05, 4.69) is 25.3 Å². The van der Waals surface area contributed by atoms with Crippen LogP contribution in [0.4, 0.5) is 10.5 Å². The summed E-state index contributed by atoms with van der Waals surface area (Å²) in [5.41, 5.74) is 1.26. The van der Waals surface area contributed by atoms with Gasteiger partial charge in [0, 0.05) is 30.8 Å². The van der Waals surface area contributed by atoms with Crippen molar-refractivity contribution in [3.8, 4) is 11.8 Å². The summed E-state index contributed by atoms with van der Waals surface area (Å²) in [7, 11) is 0. The molecule has 2 heterocycles. The summed E-state index contributed by atoms with van der Waals surface area (Å²) in [6, 6.07) is 1.44. The van der Waals surface area contributed by atoms with Gasteiger partial charge in [-0.2, -0.15) is 0 Å². The number of carboxylic acid groups (broad SMARTS) is 1. The molecular weight excluding hydrogens is 500 g/mol. The number of carbonyl (C=O) groups excluding carboxylic acids is 2. The summed E-state index contributed by atoms with van der Waals surface area (Å²) in [5, 5.41) is 10.1. The van der Waals surface area contributed by atoms with E-state index in [1.807, 2.05) is 20.8 Å². The predicted molar refractivity (Wildman–Crippen MR) is 149 cm³/mol. The Morgan fingerprint density at radius 2 is 1.87 bits per heavy atom. The maximum Gasteiger partial charge on any atom is 0.410 e. The molecule has 206 valence electrons. The second kappa shape index (κ2) is 11.5. The van der Waals surface area contributed by atoms with Crippen molar-refractivity contribution in [3.05, 3.63) is 28.0 Å². The third-order valence-corrected chi connectivity index (χ3v) is 8.75. The van der Waals surface area contributed by atoms with Gasteiger partial charge in [-0.05, 0) is 77.7 Å². The van der Waals surface area contributed by atoms with Gasteiger partial charge in [-0.15, -0.1) is 11.3 Å². The Bertz CT molecular complexity index is 1150. The first kappa shape index (κ1) is 28.2. The lowest BCUT2D eigenvalue weighted by atomic mass is 9.82. The van der Waals surface area contributed by atoms with E-state index >= 15 is 0 Å². The number of hydrogen-bond donors (Lipinski definition) is 1. The van der Waals surface area contributed by atoms with Crippen LogP contribution in [-0.2, 0) is 9.53 Å². The molecule has 7 nitrogen and oxygen atoms in total. The molecule has 1 saturated heterocycles. The number of carboxylic acids is 1. The van der Waals surface area contributed by atoms with Crippen molar-refractivity contribution in [1.82, 2.24) is 4.90 Å². The second-order valence-corrected chi connectivity index (χ2v) is 13.2. The lowest BCUT2D eigenvalue weighted by Gasteiger charge is -2.34. The third kappa shape index (κ3) is 6.79. The number of carbonyl (C=O) groups is 3. The van der Waals surface area contributed by atoms with Crippen molar-refractivity contribution in [2.24, 2.45) is 17.3 Å². The maximum absolute atomic E-state index is 14.0. The molecule has 0 spiro atoms. The lowest BCUT2D eigenvalue weighted by Crippen LogP contribution is -2.47. The van der Waals surface area contributed by atoms with Gasteiger partial charge in [0.2, 0.25) is 5.91 Å². The molecule has 3 aliphatic rings. The van der Waals surface area contributed by atoms with Crippen LogP contribution in [0.25, 0.3) is 0 Å². The Morgan fingerprint density at radius 3 is 2.47 bits per heavy atom. The minimum absolute atomic E-state index is 0.0418. The zero-order chi connectivity index (χ0) is 27.6. The van der Waals surface area contributed by atoms with Crippen LogP contribution >= 0.6 is 11.3 Å². The zero-order valence-electron chi connectivity index (χ0n) is 23.0. The van der Waals surface area contributed by atoms with E-state index in [1.54, 1.807) is 15.9 Å². The molecule has 4 rings (SSSR count). The van der Waals surface area contributed by atoms with Gasteiger partial charge >= 0.3 is 12.1 Å². The monoisotopic (exact) mass is 540 g/mol. The minimum atomic E-state index is -1.07. The number of ether oxygens (including phenoxy) is 1. The second-order valence-electron chi connectivity index (χ2n) is 12.2. The van der Waals surface area contributed by atoms with Crippen LogP contribution in [0, 0.1) is 29.1 Å². The highest BCUT2D eigenvalue weighted by Gasteiger charge is 2.40. The Balaban J connectivity index is 1.61. The number of likely N-dealkylation sites (tertiary alicyclic amines) is 1. The maximum atomic E-state index is 14.0. The average Bonchev–Trinajstić information content (AvgIpc) is 3.58. The molecule has 0 bridgehead atoms. The summed E-state index contributed by atoms with van der Waals surface area (Å²) in [6.45, 7) is 13.0. The summed E-state index contributed by atoms with van der Waals surface area (Å²) >= 11 is 1.11. The molecule has 2 amide bonds. The fraction of sp³-hybridized carbons (Fsp3) is 0.633. The molecule has 0 aromatic carbocycles. The molecule has 0 unspecified atom stereocenters. The van der Waals surface area contributed by atoms with Gasteiger partial charge in [-0.25, -0.2) is 9.59 Å². The van der Waals surface area contributed by atoms with Gasteiger partial charge in [-0.3, -0.25) is 4.79 Å². The van der Waals surface area contributed by atoms with E-state index in [0.29, 0.717) is 42.4 Å². The van der Waals surface area contributed by atoms with Gasteiger partial charge < -0.3 is 19.6 Å². The third-order valence-electron chi connectivity index (χ3n) is 7.72. The number of aromatic carboxylic acids is 1. The molecule has 8 heteroatoms. The van der Waals surface area contributed by atoms with Crippen molar-refractivity contribution in [3.63, 3.8) is 0 Å². The van der Waals surface area contributed by atoms with Crippen LogP contribution in [0.1, 0.15) is 93.6 Å². The number of amides is 2. The first-order valence-corrected chi connectivity index (χ1v) is 14.6. The molecule has 3 fully saturated rings. The lowest BCUT2D eigenvalue weighted by molar-refractivity contribution is -0.124. The smallest absolute Gasteiger partial charge is 0.410 e. The molecular formula is C30H40N2O5S. The van der Waals surface area contributed by atoms with Crippen molar-refractivity contribution >= 4 is 35.0 Å². The molecule has 1 aliphatic heterocycles. The number of thiophene rings is 1. The van der Waals surface area contributed by atoms with E-state index in [4.69, 9.17) is 4.74 Å². The molecule has 1 N–H and O–H groups in total. The Hall–Kier alpha value is -2.79. The number of hydrogen-bond acceptors (Lipinski definition) is 5. The molecule has 2 aliphatic carbocycles. The van der Waals surface area contributed by atoms with Gasteiger partial charge in [0.1, 0.15) is 11.0 Å². The summed E-state index contributed by atoms with van der Waals surface area (Å²) in [6.07, 6.45) is 5.98. The van der Waals surface area contributed by atoms with Crippen LogP contribution in [-0.4, -0.2) is 53.2 Å². The summed E-state index contributed by atoms with van der Waals surface area (Å²) in [4.78, 5) is 43.4. The number of nitrogens with zero attached hydrogens (tertiary/aromatic N) is 2. The largest absolute Gasteiger partial charge is 0.477 e. The van der Waals surface area contributed by atoms with Crippen LogP contribution < -0.4 is 4.90 Å². The molecule has 2 saturated carbocycles. The molecule has 1 aromatic heterocycles. The normalized spacial score (nSPS) is 25.6. The molecule has 0 radical (unpaired) electrons. The molecule has 2 atom stereocenters. The van der Waals surface area contributed by atoms with Crippen LogP contribution in [0.15, 0.2) is 18.2 Å². The van der Waals surface area contributed by atoms with E-state index in [1.165, 1.54) is 0 Å². The Kier molecular flexibility index (Phi) is 8.56. The van der Waals surface area contributed by atoms with E-state index < -0.39 is 5.97 Å². The van der Waals surface area contributed by atoms with E-state index in [-0.39, 0.29) is 40.4 Å². The highest BCUT2D eigenvalue weighted by molar-refractivity contribution is 7.15. The quantitative estimate of drug-likeness (QED) is 0.349. The van der Waals surface area contributed by atoms with E-state index in [0.717, 1.165) is 55.4 Å². The molecule has 38 heavy (non-hydrogen) atoms. The summed E-state index contributed by atoms with van der Waals surface area (Å²) < 4.78 is 5.73. The first-order chi connectivity index (χ1) is 17.9. The fourth-order valence-corrected chi connectivity index (χ4v) is 6.39. The van der Waals surface area contributed by atoms with Crippen molar-refractivity contribution in [2.45, 2.75) is 91.2 Å². The van der Waals surface area contributed by atoms with Gasteiger partial charge in [-0.1, -0.05) is 30.9 Å². The van der Waals surface area contributed by atoms with Crippen molar-refractivity contribution in [2.75, 3.05) is 18.0 Å². The van der Waals surface area contributed by atoms with E-state index in [9.17, 15) is 19.5 Å². The van der Waals surface area contributed by atoms with Crippen LogP contribution in [0.5, 0.6) is 0 Å². The first-order valence-electron chi connectivity index (χ1n) is 13.8. The zero-order valence-corrected chi connectivity index (χ0v) is 23.9. The highest BCUT2D eigenvalue weighted by Crippen LogP contribution is 2.38. The van der Waals surface area contributed by atoms with Gasteiger partial charge in [0.05, 0.1) is 16.6 Å². The predicted octanol–water partition coefficient (Wildman–Crippen LogP) is 6.32. The standard InChI is InChI=1S/C30H40N2O5S/c1-19-6-9-21(10-7-19)27(33)32(25-17-24(12-14-30(3,4)5)38-26(25)28(34)35)22-13-15-31(18-22)29(36)37-23-11-8-20(2)16-23/h17,19,21-23H,2,6-11,13,15-16,18H2,1,3-5H3,(H,34,35)/t19?,21?,22-,23-/m0/s1. The minimum Gasteiger partial charge on any atom is -0.477 e. The fourth-order valence-electron chi connectivity index (χ4n) is 5.55. The van der Waals surface area contributed by atoms with Crippen LogP contribution in [0.3, 0.4) is 0 Å². The Morgan fingerprint density at radius 1 is 1.16 bits per heavy atom. The van der Waals surface area contributed by atoms with Crippen LogP contribution in [0.2, 0.25) is 0 Å². The van der Waals surface area contributed by atoms with Crippen molar-refractivity contribution < 1.29 is 24.2 Å². The SMILES string of the molecule is C=C1CC[C@H](OC(=O)N2CC[C@H](N(C(=O)C3CCC(C)CC3)c3cc(C#CC(C)(C)C)sc3C(=O)O)C2)C1. The number of anilines is 1. The average molecular weight is 541 g/mol. The molecule has 1 aromatic rings. The number of rotatable bonds is 5. The van der Waals surface area contributed by atoms with Gasteiger partial charge in [0.25, 0.3) is 0 Å². The summed E-state index contributed by atoms with van der Waals surface area (Å²) in [5.74, 6) is 5.61. The Labute approximate surface area is 230 Å². The van der Waals surface area contributed by atoms with Gasteiger partial charge in [0.15, 0.2) is 0 Å².